The molecule has 0 aliphatic rings. The van der Waals surface area contributed by atoms with Crippen molar-refractivity contribution in [1.82, 2.24) is 14.9 Å². The van der Waals surface area contributed by atoms with Crippen molar-refractivity contribution in [1.29, 1.82) is 0 Å². The molecule has 33 heavy (non-hydrogen) atoms. The number of aryl methyl sites for hydroxylation is 2. The Morgan fingerprint density at radius 1 is 1.24 bits per heavy atom. The Morgan fingerprint density at radius 2 is 1.97 bits per heavy atom. The number of carbonyl (C=O) groups excluding carboxylic acids is 2. The van der Waals surface area contributed by atoms with Crippen LogP contribution in [0.1, 0.15) is 34.2 Å². The van der Waals surface area contributed by atoms with Crippen LogP contribution in [0.5, 0.6) is 5.88 Å². The van der Waals surface area contributed by atoms with Crippen LogP contribution in [0.15, 0.2) is 45.7 Å². The number of nitrogens with zero attached hydrogens (tertiary/aromatic N) is 2. The molecule has 3 aromatic rings. The highest BCUT2D eigenvalue weighted by molar-refractivity contribution is 9.10. The Labute approximate surface area is 196 Å². The van der Waals surface area contributed by atoms with Gasteiger partial charge in [0, 0.05) is 17.2 Å². The highest BCUT2D eigenvalue weighted by Gasteiger charge is 2.19. The van der Waals surface area contributed by atoms with Crippen molar-refractivity contribution >= 4 is 28.1 Å². The summed E-state index contributed by atoms with van der Waals surface area (Å²) in [4.78, 5) is 40.7. The predicted molar refractivity (Wildman–Crippen MR) is 121 cm³/mol. The summed E-state index contributed by atoms with van der Waals surface area (Å²) in [5.74, 6) is -1.73. The first-order valence-corrected chi connectivity index (χ1v) is 10.6. The van der Waals surface area contributed by atoms with Gasteiger partial charge >= 0.3 is 0 Å². The lowest BCUT2D eigenvalue weighted by molar-refractivity contribution is -0.109. The van der Waals surface area contributed by atoms with Crippen LogP contribution in [-0.2, 0) is 11.4 Å². The first kappa shape index (κ1) is 24.2. The van der Waals surface area contributed by atoms with E-state index in [1.807, 2.05) is 0 Å². The molecule has 10 heteroatoms. The van der Waals surface area contributed by atoms with Gasteiger partial charge in [-0.1, -0.05) is 6.07 Å². The summed E-state index contributed by atoms with van der Waals surface area (Å²) in [5.41, 5.74) is 0.994. The van der Waals surface area contributed by atoms with Crippen LogP contribution >= 0.6 is 15.9 Å². The predicted octanol–water partition coefficient (Wildman–Crippen LogP) is 3.79. The van der Waals surface area contributed by atoms with Crippen molar-refractivity contribution in [2.45, 2.75) is 33.4 Å². The Balaban J connectivity index is 1.96. The van der Waals surface area contributed by atoms with E-state index < -0.39 is 29.1 Å². The number of hydrogen-bond donors (Lipinski definition) is 1. The number of hydrogen-bond acceptors (Lipinski definition) is 5. The zero-order valence-electron chi connectivity index (χ0n) is 18.0. The van der Waals surface area contributed by atoms with E-state index in [2.05, 4.69) is 26.2 Å². The molecule has 1 heterocycles. The van der Waals surface area contributed by atoms with Gasteiger partial charge in [0.1, 0.15) is 34.8 Å². The molecule has 1 atom stereocenters. The average Bonchev–Trinajstić information content (AvgIpc) is 2.77. The van der Waals surface area contributed by atoms with Gasteiger partial charge in [-0.25, -0.2) is 8.78 Å². The SMILES string of the molecule is Cc1ccc(C(=O)N[C@@H](C)C=O)cc1-n1c(C)nc(OCc2ccc(F)cc2F)c(Br)c1=O. The normalized spacial score (nSPS) is 11.7. The molecule has 0 radical (unpaired) electrons. The molecule has 0 unspecified atom stereocenters. The zero-order valence-corrected chi connectivity index (χ0v) is 19.6. The zero-order chi connectivity index (χ0) is 24.3. The van der Waals surface area contributed by atoms with Crippen LogP contribution in [0.2, 0.25) is 0 Å². The highest BCUT2D eigenvalue weighted by atomic mass is 79.9. The molecular formula is C23H20BrF2N3O4. The molecule has 0 fully saturated rings. The summed E-state index contributed by atoms with van der Waals surface area (Å²) >= 11 is 3.19. The molecule has 7 nitrogen and oxygen atoms in total. The molecule has 1 aromatic heterocycles. The molecule has 3 rings (SSSR count). The third-order valence-corrected chi connectivity index (χ3v) is 5.50. The molecule has 172 valence electrons. The Bertz CT molecular complexity index is 1290. The van der Waals surface area contributed by atoms with E-state index in [-0.39, 0.29) is 33.9 Å². The molecule has 1 N–H and O–H groups in total. The lowest BCUT2D eigenvalue weighted by atomic mass is 10.1. The van der Waals surface area contributed by atoms with Crippen molar-refractivity contribution in [2.24, 2.45) is 0 Å². The van der Waals surface area contributed by atoms with E-state index in [0.717, 1.165) is 12.1 Å². The molecule has 0 aliphatic heterocycles. The number of nitrogens with one attached hydrogen (secondary N) is 1. The van der Waals surface area contributed by atoms with Crippen molar-refractivity contribution in [3.8, 4) is 11.6 Å². The maximum atomic E-state index is 13.9. The summed E-state index contributed by atoms with van der Waals surface area (Å²) in [7, 11) is 0. The Morgan fingerprint density at radius 3 is 2.64 bits per heavy atom. The van der Waals surface area contributed by atoms with E-state index in [0.29, 0.717) is 17.5 Å². The van der Waals surface area contributed by atoms with Gasteiger partial charge in [0.25, 0.3) is 11.5 Å². The van der Waals surface area contributed by atoms with Gasteiger partial charge in [-0.3, -0.25) is 14.2 Å². The van der Waals surface area contributed by atoms with Crippen molar-refractivity contribution in [3.05, 3.63) is 85.4 Å². The van der Waals surface area contributed by atoms with Crippen LogP contribution in [0.25, 0.3) is 5.69 Å². The van der Waals surface area contributed by atoms with Crippen LogP contribution < -0.4 is 15.6 Å². The average molecular weight is 520 g/mol. The smallest absolute Gasteiger partial charge is 0.276 e. The number of halogens is 3. The molecule has 0 bridgehead atoms. The van der Waals surface area contributed by atoms with Crippen LogP contribution in [0, 0.1) is 25.5 Å². The Hall–Kier alpha value is -3.40. The van der Waals surface area contributed by atoms with Gasteiger partial charge in [-0.2, -0.15) is 4.98 Å². The largest absolute Gasteiger partial charge is 0.472 e. The second kappa shape index (κ2) is 10.0. The van der Waals surface area contributed by atoms with Gasteiger partial charge < -0.3 is 14.8 Å². The first-order valence-electron chi connectivity index (χ1n) is 9.85. The summed E-state index contributed by atoms with van der Waals surface area (Å²) in [6.45, 7) is 4.64. The van der Waals surface area contributed by atoms with Crippen LogP contribution in [0.4, 0.5) is 8.78 Å². The maximum Gasteiger partial charge on any atom is 0.276 e. The third-order valence-electron chi connectivity index (χ3n) is 4.82. The summed E-state index contributed by atoms with van der Waals surface area (Å²) in [6.07, 6.45) is 0.610. The monoisotopic (exact) mass is 519 g/mol. The van der Waals surface area contributed by atoms with Gasteiger partial charge in [-0.15, -0.1) is 0 Å². The van der Waals surface area contributed by atoms with E-state index >= 15 is 0 Å². The Kier molecular flexibility index (Phi) is 7.37. The minimum absolute atomic E-state index is 0.000508. The molecule has 0 saturated carbocycles. The van der Waals surface area contributed by atoms with Crippen molar-refractivity contribution < 1.29 is 23.1 Å². The first-order chi connectivity index (χ1) is 15.6. The summed E-state index contributed by atoms with van der Waals surface area (Å²) < 4.78 is 33.8. The van der Waals surface area contributed by atoms with E-state index in [1.165, 1.54) is 16.7 Å². The standard InChI is InChI=1S/C23H20BrF2N3O4/c1-12-4-5-15(21(31)27-13(2)10-30)8-19(12)29-14(3)28-22(20(24)23(29)32)33-11-16-6-7-17(25)9-18(16)26/h4-10,13H,11H2,1-3H3,(H,27,31)/t13-/m0/s1. The van der Waals surface area contributed by atoms with Gasteiger partial charge in [0.15, 0.2) is 0 Å². The number of ether oxygens (including phenoxy) is 1. The molecular weight excluding hydrogens is 500 g/mol. The molecule has 2 aromatic carbocycles. The van der Waals surface area contributed by atoms with Crippen LogP contribution in [0.3, 0.4) is 0 Å². The number of aldehydes is 1. The number of aromatic nitrogens is 2. The molecule has 0 saturated heterocycles. The second-order valence-electron chi connectivity index (χ2n) is 7.34. The molecule has 0 spiro atoms. The summed E-state index contributed by atoms with van der Waals surface area (Å²) in [6, 6.07) is 7.23. The number of rotatable bonds is 7. The fraction of sp³-hybridized carbons (Fsp3) is 0.217. The topological polar surface area (TPSA) is 90.3 Å². The second-order valence-corrected chi connectivity index (χ2v) is 8.14. The third kappa shape index (κ3) is 5.33. The van der Waals surface area contributed by atoms with Crippen molar-refractivity contribution in [2.75, 3.05) is 0 Å². The molecule has 0 aliphatic carbocycles. The van der Waals surface area contributed by atoms with E-state index in [4.69, 9.17) is 4.74 Å². The number of carbonyl (C=O) groups is 2. The minimum Gasteiger partial charge on any atom is -0.472 e. The van der Waals surface area contributed by atoms with E-state index in [1.54, 1.807) is 32.9 Å². The lowest BCUT2D eigenvalue weighted by Gasteiger charge is -2.16. The van der Waals surface area contributed by atoms with E-state index in [9.17, 15) is 23.2 Å². The van der Waals surface area contributed by atoms with Crippen LogP contribution in [-0.4, -0.2) is 27.8 Å². The molecule has 1 amide bonds. The fourth-order valence-corrected chi connectivity index (χ4v) is 3.44. The lowest BCUT2D eigenvalue weighted by Crippen LogP contribution is -2.33. The fourth-order valence-electron chi connectivity index (χ4n) is 3.06. The maximum absolute atomic E-state index is 13.9. The van der Waals surface area contributed by atoms with Gasteiger partial charge in [0.2, 0.25) is 5.88 Å². The summed E-state index contributed by atoms with van der Waals surface area (Å²) in [5, 5.41) is 2.54. The van der Waals surface area contributed by atoms with Gasteiger partial charge in [-0.05, 0) is 66.5 Å². The highest BCUT2D eigenvalue weighted by Crippen LogP contribution is 2.24. The number of amides is 1. The van der Waals surface area contributed by atoms with Gasteiger partial charge in [0.05, 0.1) is 11.7 Å². The minimum atomic E-state index is -0.772. The van der Waals surface area contributed by atoms with Crippen molar-refractivity contribution in [3.63, 3.8) is 0 Å². The quantitative estimate of drug-likeness (QED) is 0.479. The number of benzene rings is 2.